The standard InChI is InChI=1S/C46H44N8O6/c1-59-45(57)51-38(27-11-5-3-6-12-27)43(55)53-23-9-15-36(53)41-47-33-21-18-30(26-35(33)49-41)29-17-20-32-31(25-29)19-22-34-40(32)50-42(48-34)37-16-10-24-54(37)44(56)39(52-46(58)60-2)28-13-7-4-8-14-28/h3-8,11-14,17-22,25-26,36-39H,9-10,15-16,23-24H2,1-2H3,(H,47,49)(H,48,50)(H,51,57)(H,52,58)/t36-,37-,38-,39-/m0/s1. The van der Waals surface area contributed by atoms with Crippen LogP contribution in [0.1, 0.15) is 72.6 Å². The first-order chi connectivity index (χ1) is 29.3. The van der Waals surface area contributed by atoms with Crippen LogP contribution in [-0.4, -0.2) is 81.0 Å². The van der Waals surface area contributed by atoms with Gasteiger partial charge < -0.3 is 39.9 Å². The summed E-state index contributed by atoms with van der Waals surface area (Å²) in [6.07, 6.45) is 1.74. The molecule has 7 aromatic rings. The van der Waals surface area contributed by atoms with Gasteiger partial charge in [-0.3, -0.25) is 9.59 Å². The van der Waals surface area contributed by atoms with Crippen LogP contribution in [-0.2, 0) is 19.1 Å². The van der Waals surface area contributed by atoms with E-state index in [-0.39, 0.29) is 23.9 Å². The fraction of sp³-hybridized carbons (Fsp3) is 0.261. The molecule has 2 saturated heterocycles. The van der Waals surface area contributed by atoms with E-state index in [4.69, 9.17) is 19.4 Å². The minimum Gasteiger partial charge on any atom is -0.453 e. The van der Waals surface area contributed by atoms with E-state index in [0.717, 1.165) is 69.6 Å². The van der Waals surface area contributed by atoms with Crippen LogP contribution in [0.2, 0.25) is 0 Å². The number of carbonyl (C=O) groups excluding carboxylic acids is 4. The van der Waals surface area contributed by atoms with Crippen molar-refractivity contribution in [3.63, 3.8) is 0 Å². The van der Waals surface area contributed by atoms with Gasteiger partial charge in [0.2, 0.25) is 0 Å². The lowest BCUT2D eigenvalue weighted by molar-refractivity contribution is -0.135. The molecular weight excluding hydrogens is 761 g/mol. The Morgan fingerprint density at radius 2 is 1.17 bits per heavy atom. The molecular formula is C46H44N8O6. The second-order valence-corrected chi connectivity index (χ2v) is 15.2. The Morgan fingerprint density at radius 1 is 0.633 bits per heavy atom. The molecule has 2 fully saturated rings. The number of aromatic amines is 2. The predicted octanol–water partition coefficient (Wildman–Crippen LogP) is 7.78. The molecule has 0 spiro atoms. The Hall–Kier alpha value is -7.22. The summed E-state index contributed by atoms with van der Waals surface area (Å²) in [6, 6.07) is 32.5. The SMILES string of the molecule is COC(=O)N[C@H](C(=O)N1CCC[C@H]1c1nc2ccc(-c3ccc4c(ccc5[nH]c([C@@H]6CCCN6C(=O)[C@@H](NC(=O)OC)c6ccccc6)nc54)c3)cc2[nH]1)c1ccccc1. The average molecular weight is 805 g/mol. The molecule has 4 heterocycles. The van der Waals surface area contributed by atoms with Gasteiger partial charge in [-0.1, -0.05) is 84.9 Å². The van der Waals surface area contributed by atoms with Crippen molar-refractivity contribution in [2.75, 3.05) is 27.3 Å². The lowest BCUT2D eigenvalue weighted by atomic mass is 10.0. The summed E-state index contributed by atoms with van der Waals surface area (Å²) in [5.41, 5.74) is 6.71. The van der Waals surface area contributed by atoms with Crippen molar-refractivity contribution < 1.29 is 28.7 Å². The summed E-state index contributed by atoms with van der Waals surface area (Å²) < 4.78 is 9.70. The Morgan fingerprint density at radius 3 is 1.75 bits per heavy atom. The number of likely N-dealkylation sites (tertiary alicyclic amines) is 2. The quantitative estimate of drug-likeness (QED) is 0.114. The van der Waals surface area contributed by atoms with Crippen molar-refractivity contribution in [3.8, 4) is 11.1 Å². The van der Waals surface area contributed by atoms with E-state index >= 15 is 0 Å². The minimum atomic E-state index is -0.897. The number of fused-ring (bicyclic) bond motifs is 4. The number of aromatic nitrogens is 4. The number of imidazole rings is 2. The third-order valence-electron chi connectivity index (χ3n) is 11.7. The smallest absolute Gasteiger partial charge is 0.407 e. The summed E-state index contributed by atoms with van der Waals surface area (Å²) >= 11 is 0. The molecule has 0 unspecified atom stereocenters. The van der Waals surface area contributed by atoms with Gasteiger partial charge >= 0.3 is 12.2 Å². The second-order valence-electron chi connectivity index (χ2n) is 15.2. The van der Waals surface area contributed by atoms with E-state index in [0.29, 0.717) is 35.9 Å². The van der Waals surface area contributed by atoms with Crippen LogP contribution in [0.4, 0.5) is 9.59 Å². The van der Waals surface area contributed by atoms with E-state index in [2.05, 4.69) is 50.9 Å². The number of hydrogen-bond donors (Lipinski definition) is 4. The maximum atomic E-state index is 14.1. The van der Waals surface area contributed by atoms with Crippen molar-refractivity contribution in [1.29, 1.82) is 0 Å². The monoisotopic (exact) mass is 804 g/mol. The minimum absolute atomic E-state index is 0.218. The number of carbonyl (C=O) groups is 4. The average Bonchev–Trinajstić information content (AvgIpc) is 4.13. The lowest BCUT2D eigenvalue weighted by Crippen LogP contribution is -2.42. The van der Waals surface area contributed by atoms with Crippen LogP contribution < -0.4 is 10.6 Å². The molecule has 14 heteroatoms. The van der Waals surface area contributed by atoms with E-state index in [9.17, 15) is 19.2 Å². The van der Waals surface area contributed by atoms with Gasteiger partial charge in [-0.25, -0.2) is 19.6 Å². The fourth-order valence-electron chi connectivity index (χ4n) is 8.71. The molecule has 2 aliphatic rings. The molecule has 9 rings (SSSR count). The van der Waals surface area contributed by atoms with Crippen molar-refractivity contribution in [2.24, 2.45) is 0 Å². The lowest BCUT2D eigenvalue weighted by Gasteiger charge is -2.28. The number of nitrogens with zero attached hydrogens (tertiary/aromatic N) is 4. The van der Waals surface area contributed by atoms with Crippen LogP contribution in [0.5, 0.6) is 0 Å². The molecule has 0 aliphatic carbocycles. The first-order valence-corrected chi connectivity index (χ1v) is 20.1. The summed E-state index contributed by atoms with van der Waals surface area (Å²) in [5.74, 6) is 0.967. The van der Waals surface area contributed by atoms with Crippen molar-refractivity contribution in [2.45, 2.75) is 49.9 Å². The third kappa shape index (κ3) is 7.25. The molecule has 0 radical (unpaired) electrons. The molecule has 4 atom stereocenters. The molecule has 2 aromatic heterocycles. The number of alkyl carbamates (subject to hydrolysis) is 2. The zero-order valence-electron chi connectivity index (χ0n) is 33.2. The molecule has 0 bridgehead atoms. The normalized spacial score (nSPS) is 17.5. The maximum Gasteiger partial charge on any atom is 0.407 e. The highest BCUT2D eigenvalue weighted by Gasteiger charge is 2.38. The number of amides is 4. The summed E-state index contributed by atoms with van der Waals surface area (Å²) in [5, 5.41) is 7.45. The van der Waals surface area contributed by atoms with Crippen molar-refractivity contribution >= 4 is 56.8 Å². The van der Waals surface area contributed by atoms with E-state index < -0.39 is 24.3 Å². The molecule has 4 N–H and O–H groups in total. The number of H-pyrrole nitrogens is 2. The number of methoxy groups -OCH3 is 2. The highest BCUT2D eigenvalue weighted by atomic mass is 16.5. The first-order valence-electron chi connectivity index (χ1n) is 20.1. The highest BCUT2D eigenvalue weighted by molar-refractivity contribution is 6.05. The van der Waals surface area contributed by atoms with Crippen molar-refractivity contribution in [3.05, 3.63) is 132 Å². The van der Waals surface area contributed by atoms with Gasteiger partial charge in [0.25, 0.3) is 11.8 Å². The fourth-order valence-corrected chi connectivity index (χ4v) is 8.71. The number of hydrogen-bond acceptors (Lipinski definition) is 8. The molecule has 60 heavy (non-hydrogen) atoms. The van der Waals surface area contributed by atoms with Crippen LogP contribution in [0.15, 0.2) is 109 Å². The predicted molar refractivity (Wildman–Crippen MR) is 226 cm³/mol. The maximum absolute atomic E-state index is 14.1. The number of nitrogens with one attached hydrogen (secondary N) is 4. The molecule has 14 nitrogen and oxygen atoms in total. The number of benzene rings is 5. The third-order valence-corrected chi connectivity index (χ3v) is 11.7. The van der Waals surface area contributed by atoms with E-state index in [1.807, 2.05) is 78.9 Å². The Balaban J connectivity index is 0.963. The Bertz CT molecular complexity index is 2730. The number of rotatable bonds is 9. The van der Waals surface area contributed by atoms with Crippen LogP contribution >= 0.6 is 0 Å². The van der Waals surface area contributed by atoms with E-state index in [1.165, 1.54) is 14.2 Å². The second kappa shape index (κ2) is 16.2. The summed E-state index contributed by atoms with van der Waals surface area (Å²) in [7, 11) is 2.56. The highest BCUT2D eigenvalue weighted by Crippen LogP contribution is 2.38. The van der Waals surface area contributed by atoms with Crippen LogP contribution in [0, 0.1) is 0 Å². The van der Waals surface area contributed by atoms with Crippen molar-refractivity contribution in [1.82, 2.24) is 40.4 Å². The Labute approximate surface area is 345 Å². The van der Waals surface area contributed by atoms with Crippen LogP contribution in [0.3, 0.4) is 0 Å². The molecule has 304 valence electrons. The van der Waals surface area contributed by atoms with Gasteiger partial charge in [0.15, 0.2) is 0 Å². The molecule has 2 aliphatic heterocycles. The Kier molecular flexibility index (Phi) is 10.3. The van der Waals surface area contributed by atoms with Gasteiger partial charge in [0, 0.05) is 18.5 Å². The van der Waals surface area contributed by atoms with E-state index in [1.54, 1.807) is 9.80 Å². The zero-order valence-corrected chi connectivity index (χ0v) is 33.2. The largest absolute Gasteiger partial charge is 0.453 e. The zero-order chi connectivity index (χ0) is 41.3. The molecule has 5 aromatic carbocycles. The number of ether oxygens (including phenoxy) is 2. The molecule has 4 amide bonds. The van der Waals surface area contributed by atoms with Crippen LogP contribution in [0.25, 0.3) is 44.0 Å². The van der Waals surface area contributed by atoms with Gasteiger partial charge in [0.05, 0.1) is 48.4 Å². The van der Waals surface area contributed by atoms with Gasteiger partial charge in [-0.15, -0.1) is 0 Å². The molecule has 0 saturated carbocycles. The topological polar surface area (TPSA) is 175 Å². The van der Waals surface area contributed by atoms with Gasteiger partial charge in [-0.2, -0.15) is 0 Å². The summed E-state index contributed by atoms with van der Waals surface area (Å²) in [6.45, 7) is 1.08. The summed E-state index contributed by atoms with van der Waals surface area (Å²) in [4.78, 5) is 73.3. The van der Waals surface area contributed by atoms with Gasteiger partial charge in [-0.05, 0) is 77.6 Å². The van der Waals surface area contributed by atoms with Gasteiger partial charge in [0.1, 0.15) is 23.7 Å². The first kappa shape index (κ1) is 38.3.